The lowest BCUT2D eigenvalue weighted by molar-refractivity contribution is -0.122. The van der Waals surface area contributed by atoms with Gasteiger partial charge in [-0.05, 0) is 59.3 Å². The molecule has 3 aromatic rings. The molecule has 0 aliphatic heterocycles. The highest BCUT2D eigenvalue weighted by molar-refractivity contribution is 9.11. The van der Waals surface area contributed by atoms with Crippen molar-refractivity contribution in [3.05, 3.63) is 67.6 Å². The van der Waals surface area contributed by atoms with Crippen LogP contribution in [0.5, 0.6) is 0 Å². The van der Waals surface area contributed by atoms with Gasteiger partial charge in [0.1, 0.15) is 12.4 Å². The maximum Gasteiger partial charge on any atom is 0.261 e. The number of hydrazine groups is 1. The molecule has 0 unspecified atom stereocenters. The summed E-state index contributed by atoms with van der Waals surface area (Å²) in [5, 5.41) is 3.58. The standard InChI is InChI=1S/C18H15Br2N5O2S/c1-10-21-16-13(7-11(19)8-14(16)20)17(27)25(10)9-15(26)23-24-18(28)22-12-5-3-2-4-6-12/h2-8H,9H2,1H3,(H,23,26)(H2,22,24,28). The lowest BCUT2D eigenvalue weighted by Gasteiger charge is -2.14. The number of carbonyl (C=O) groups excluding carboxylic acids is 1. The van der Waals surface area contributed by atoms with E-state index in [1.165, 1.54) is 4.57 Å². The van der Waals surface area contributed by atoms with Crippen molar-refractivity contribution in [1.82, 2.24) is 20.4 Å². The minimum absolute atomic E-state index is 0.196. The number of anilines is 1. The number of nitrogens with zero attached hydrogens (tertiary/aromatic N) is 2. The number of aryl methyl sites for hydroxylation is 1. The normalized spacial score (nSPS) is 10.5. The monoisotopic (exact) mass is 523 g/mol. The maximum atomic E-state index is 12.8. The fourth-order valence-corrected chi connectivity index (χ4v) is 4.02. The molecule has 1 aromatic heterocycles. The number of hydrogen-bond donors (Lipinski definition) is 3. The first-order valence-electron chi connectivity index (χ1n) is 8.12. The van der Waals surface area contributed by atoms with Crippen molar-refractivity contribution in [3.8, 4) is 0 Å². The van der Waals surface area contributed by atoms with Crippen LogP contribution in [0.1, 0.15) is 5.82 Å². The van der Waals surface area contributed by atoms with Gasteiger partial charge in [-0.1, -0.05) is 34.1 Å². The first-order valence-corrected chi connectivity index (χ1v) is 10.1. The summed E-state index contributed by atoms with van der Waals surface area (Å²) in [4.78, 5) is 29.5. The molecular weight excluding hydrogens is 510 g/mol. The van der Waals surface area contributed by atoms with Crippen LogP contribution in [0.2, 0.25) is 0 Å². The summed E-state index contributed by atoms with van der Waals surface area (Å²) in [5.41, 5.74) is 6.13. The molecule has 0 spiro atoms. The largest absolute Gasteiger partial charge is 0.331 e. The second kappa shape index (κ2) is 8.80. The van der Waals surface area contributed by atoms with Crippen LogP contribution in [0, 0.1) is 6.92 Å². The van der Waals surface area contributed by atoms with E-state index in [2.05, 4.69) is 53.0 Å². The van der Waals surface area contributed by atoms with Crippen LogP contribution in [0.4, 0.5) is 5.69 Å². The molecule has 3 N–H and O–H groups in total. The number of hydrogen-bond acceptors (Lipinski definition) is 4. The second-order valence-electron chi connectivity index (χ2n) is 5.83. The highest BCUT2D eigenvalue weighted by Crippen LogP contribution is 2.25. The molecule has 0 saturated carbocycles. The van der Waals surface area contributed by atoms with Crippen LogP contribution in [0.15, 0.2) is 56.2 Å². The number of benzene rings is 2. The zero-order valence-electron chi connectivity index (χ0n) is 14.6. The minimum Gasteiger partial charge on any atom is -0.331 e. The Bertz CT molecular complexity index is 1120. The molecular formula is C18H15Br2N5O2S. The average Bonchev–Trinajstić information content (AvgIpc) is 2.65. The summed E-state index contributed by atoms with van der Waals surface area (Å²) in [6.45, 7) is 1.48. The molecule has 1 amide bonds. The van der Waals surface area contributed by atoms with Gasteiger partial charge in [0.25, 0.3) is 11.5 Å². The van der Waals surface area contributed by atoms with E-state index < -0.39 is 5.91 Å². The van der Waals surface area contributed by atoms with E-state index in [-0.39, 0.29) is 17.2 Å². The zero-order chi connectivity index (χ0) is 20.3. The van der Waals surface area contributed by atoms with E-state index in [9.17, 15) is 9.59 Å². The van der Waals surface area contributed by atoms with E-state index in [1.54, 1.807) is 13.0 Å². The third-order valence-electron chi connectivity index (χ3n) is 3.82. The van der Waals surface area contributed by atoms with E-state index in [0.717, 1.165) is 10.2 Å². The summed E-state index contributed by atoms with van der Waals surface area (Å²) >= 11 is 11.9. The quantitative estimate of drug-likeness (QED) is 0.360. The molecule has 1 heterocycles. The fraction of sp³-hybridized carbons (Fsp3) is 0.111. The first kappa shape index (κ1) is 20.4. The molecule has 0 aliphatic carbocycles. The molecule has 0 fully saturated rings. The summed E-state index contributed by atoms with van der Waals surface area (Å²) in [7, 11) is 0. The topological polar surface area (TPSA) is 88.0 Å². The van der Waals surface area contributed by atoms with Crippen molar-refractivity contribution < 1.29 is 4.79 Å². The zero-order valence-corrected chi connectivity index (χ0v) is 18.6. The van der Waals surface area contributed by atoms with E-state index in [4.69, 9.17) is 12.2 Å². The van der Waals surface area contributed by atoms with Gasteiger partial charge in [0.2, 0.25) is 0 Å². The molecule has 0 atom stereocenters. The molecule has 28 heavy (non-hydrogen) atoms. The number of aromatic nitrogens is 2. The Labute approximate surface area is 182 Å². The van der Waals surface area contributed by atoms with Gasteiger partial charge in [0.05, 0.1) is 10.9 Å². The number of amides is 1. The number of rotatable bonds is 3. The molecule has 0 saturated heterocycles. The van der Waals surface area contributed by atoms with Gasteiger partial charge in [-0.25, -0.2) is 4.98 Å². The number of halogens is 2. The SMILES string of the molecule is Cc1nc2c(Br)cc(Br)cc2c(=O)n1CC(=O)NNC(=S)Nc1ccccc1. The van der Waals surface area contributed by atoms with E-state index in [1.807, 2.05) is 36.4 Å². The Morgan fingerprint density at radius 1 is 1.18 bits per heavy atom. The molecule has 144 valence electrons. The number of carbonyl (C=O) groups is 1. The van der Waals surface area contributed by atoms with E-state index in [0.29, 0.717) is 21.2 Å². The van der Waals surface area contributed by atoms with Gasteiger partial charge in [-0.3, -0.25) is 25.0 Å². The van der Waals surface area contributed by atoms with Crippen LogP contribution in [-0.2, 0) is 11.3 Å². The average molecular weight is 525 g/mol. The first-order chi connectivity index (χ1) is 13.3. The van der Waals surface area contributed by atoms with Crippen molar-refractivity contribution in [3.63, 3.8) is 0 Å². The third-order valence-corrected chi connectivity index (χ3v) is 5.08. The molecule has 0 bridgehead atoms. The Hall–Kier alpha value is -2.30. The molecule has 2 aromatic carbocycles. The Morgan fingerprint density at radius 3 is 2.61 bits per heavy atom. The molecule has 3 rings (SSSR count). The lowest BCUT2D eigenvalue weighted by atomic mass is 10.2. The van der Waals surface area contributed by atoms with Gasteiger partial charge < -0.3 is 5.32 Å². The van der Waals surface area contributed by atoms with Crippen LogP contribution in [0.3, 0.4) is 0 Å². The molecule has 7 nitrogen and oxygen atoms in total. The van der Waals surface area contributed by atoms with Crippen LogP contribution < -0.4 is 21.7 Å². The third kappa shape index (κ3) is 4.75. The lowest BCUT2D eigenvalue weighted by Crippen LogP contribution is -2.46. The van der Waals surface area contributed by atoms with Gasteiger partial charge in [0.15, 0.2) is 5.11 Å². The summed E-state index contributed by atoms with van der Waals surface area (Å²) in [6, 6.07) is 12.8. The predicted molar refractivity (Wildman–Crippen MR) is 120 cm³/mol. The Morgan fingerprint density at radius 2 is 1.89 bits per heavy atom. The number of thiocarbonyl (C=S) groups is 1. The van der Waals surface area contributed by atoms with Crippen LogP contribution in [-0.4, -0.2) is 20.6 Å². The van der Waals surface area contributed by atoms with Crippen molar-refractivity contribution in [2.24, 2.45) is 0 Å². The Kier molecular flexibility index (Phi) is 6.42. The fourth-order valence-electron chi connectivity index (χ4n) is 2.54. The summed E-state index contributed by atoms with van der Waals surface area (Å²) < 4.78 is 2.75. The molecule has 10 heteroatoms. The highest BCUT2D eigenvalue weighted by Gasteiger charge is 2.14. The van der Waals surface area contributed by atoms with E-state index >= 15 is 0 Å². The van der Waals surface area contributed by atoms with Crippen LogP contribution >= 0.6 is 44.1 Å². The predicted octanol–water partition coefficient (Wildman–Crippen LogP) is 3.25. The minimum atomic E-state index is -0.433. The van der Waals surface area contributed by atoms with Crippen molar-refractivity contribution in [2.45, 2.75) is 13.5 Å². The smallest absolute Gasteiger partial charge is 0.261 e. The van der Waals surface area contributed by atoms with Crippen molar-refractivity contribution >= 4 is 71.7 Å². The maximum absolute atomic E-state index is 12.8. The van der Waals surface area contributed by atoms with Gasteiger partial charge in [-0.15, -0.1) is 0 Å². The molecule has 0 aliphatic rings. The van der Waals surface area contributed by atoms with Crippen molar-refractivity contribution in [1.29, 1.82) is 0 Å². The summed E-state index contributed by atoms with van der Waals surface area (Å²) in [6.07, 6.45) is 0. The van der Waals surface area contributed by atoms with Gasteiger partial charge >= 0.3 is 0 Å². The number of fused-ring (bicyclic) bond motifs is 1. The van der Waals surface area contributed by atoms with Crippen LogP contribution in [0.25, 0.3) is 10.9 Å². The van der Waals surface area contributed by atoms with Gasteiger partial charge in [-0.2, -0.15) is 0 Å². The highest BCUT2D eigenvalue weighted by atomic mass is 79.9. The second-order valence-corrected chi connectivity index (χ2v) is 8.01. The van der Waals surface area contributed by atoms with Crippen molar-refractivity contribution in [2.75, 3.05) is 5.32 Å². The summed E-state index contributed by atoms with van der Waals surface area (Å²) in [5.74, 6) is -0.00159. The molecule has 0 radical (unpaired) electrons. The Balaban J connectivity index is 1.71. The number of nitrogens with one attached hydrogen (secondary N) is 3. The number of para-hydroxylation sites is 1. The van der Waals surface area contributed by atoms with Gasteiger partial charge in [0, 0.05) is 14.6 Å².